The van der Waals surface area contributed by atoms with Gasteiger partial charge in [-0.2, -0.15) is 0 Å². The summed E-state index contributed by atoms with van der Waals surface area (Å²) < 4.78 is 7.53. The van der Waals surface area contributed by atoms with E-state index in [0.717, 1.165) is 29.2 Å². The predicted octanol–water partition coefficient (Wildman–Crippen LogP) is 3.89. The van der Waals surface area contributed by atoms with Crippen molar-refractivity contribution in [3.05, 3.63) is 35.0 Å². The summed E-state index contributed by atoms with van der Waals surface area (Å²) in [5, 5.41) is 1.00. The number of hydrogen-bond acceptors (Lipinski definition) is 5. The lowest BCUT2D eigenvalue weighted by Crippen LogP contribution is -2.44. The number of nitrogens with zero attached hydrogens (tertiary/aromatic N) is 4. The molecule has 7 nitrogen and oxygen atoms in total. The lowest BCUT2D eigenvalue weighted by Gasteiger charge is -2.35. The van der Waals surface area contributed by atoms with Crippen LogP contribution in [0, 0.1) is 5.92 Å². The van der Waals surface area contributed by atoms with Crippen LogP contribution in [0.4, 0.5) is 4.79 Å². The summed E-state index contributed by atoms with van der Waals surface area (Å²) in [6.07, 6.45) is 5.21. The van der Waals surface area contributed by atoms with Crippen LogP contribution in [-0.2, 0) is 9.53 Å². The molecule has 2 aromatic rings. The number of likely N-dealkylation sites (N-methyl/N-ethyl adjacent to an activating group) is 1. The maximum atomic E-state index is 13.1. The number of thioether (sulfide) groups is 1. The molecule has 2 amide bonds. The minimum absolute atomic E-state index is 0.0269. The van der Waals surface area contributed by atoms with Crippen LogP contribution in [0.5, 0.6) is 0 Å². The van der Waals surface area contributed by atoms with Gasteiger partial charge in [0.15, 0.2) is 0 Å². The third kappa shape index (κ3) is 4.33. The molecule has 2 aliphatic heterocycles. The van der Waals surface area contributed by atoms with Crippen LogP contribution in [0.1, 0.15) is 39.3 Å². The number of rotatable bonds is 3. The highest BCUT2D eigenvalue weighted by atomic mass is 32.2. The highest BCUT2D eigenvalue weighted by Gasteiger charge is 2.29. The highest BCUT2D eigenvalue weighted by Crippen LogP contribution is 2.35. The molecule has 0 unspecified atom stereocenters. The first-order chi connectivity index (χ1) is 14.2. The summed E-state index contributed by atoms with van der Waals surface area (Å²) in [7, 11) is 1.86. The van der Waals surface area contributed by atoms with Crippen molar-refractivity contribution in [2.45, 2.75) is 44.2 Å². The molecule has 0 spiro atoms. The Bertz CT molecular complexity index is 999. The lowest BCUT2D eigenvalue weighted by atomic mass is 9.96. The van der Waals surface area contributed by atoms with Gasteiger partial charge in [0.1, 0.15) is 11.2 Å². The molecule has 2 aliphatic rings. The van der Waals surface area contributed by atoms with E-state index in [2.05, 4.69) is 9.38 Å². The Labute approximate surface area is 181 Å². The average molecular weight is 429 g/mol. The van der Waals surface area contributed by atoms with Crippen LogP contribution in [0.2, 0.25) is 0 Å². The van der Waals surface area contributed by atoms with E-state index in [4.69, 9.17) is 4.74 Å². The molecule has 1 fully saturated rings. The average Bonchev–Trinajstić information content (AvgIpc) is 3.11. The summed E-state index contributed by atoms with van der Waals surface area (Å²) in [4.78, 5) is 34.0. The van der Waals surface area contributed by atoms with Gasteiger partial charge in [-0.3, -0.25) is 9.20 Å². The van der Waals surface area contributed by atoms with E-state index in [1.165, 1.54) is 11.8 Å². The molecule has 30 heavy (non-hydrogen) atoms. The normalized spacial score (nSPS) is 17.1. The van der Waals surface area contributed by atoms with Gasteiger partial charge in [-0.15, -0.1) is 0 Å². The summed E-state index contributed by atoms with van der Waals surface area (Å²) >= 11 is 1.49. The molecule has 2 aromatic heterocycles. The Morgan fingerprint density at radius 1 is 1.27 bits per heavy atom. The van der Waals surface area contributed by atoms with E-state index in [0.29, 0.717) is 30.5 Å². The van der Waals surface area contributed by atoms with Crippen LogP contribution >= 0.6 is 11.8 Å². The van der Waals surface area contributed by atoms with Crippen molar-refractivity contribution in [3.63, 3.8) is 0 Å². The monoisotopic (exact) mass is 428 g/mol. The van der Waals surface area contributed by atoms with Crippen molar-refractivity contribution in [1.29, 1.82) is 0 Å². The Morgan fingerprint density at radius 2 is 2.00 bits per heavy atom. The maximum absolute atomic E-state index is 13.1. The summed E-state index contributed by atoms with van der Waals surface area (Å²) in [5.41, 5.74) is 1.34. The second kappa shape index (κ2) is 7.98. The first-order valence-corrected chi connectivity index (χ1v) is 11.1. The topological polar surface area (TPSA) is 67.2 Å². The zero-order valence-electron chi connectivity index (χ0n) is 17.9. The molecule has 0 saturated carbocycles. The zero-order valence-corrected chi connectivity index (χ0v) is 18.7. The number of piperidine rings is 1. The molecule has 0 bridgehead atoms. The van der Waals surface area contributed by atoms with Crippen molar-refractivity contribution in [2.24, 2.45) is 5.92 Å². The van der Waals surface area contributed by atoms with Gasteiger partial charge in [0.2, 0.25) is 0 Å². The fraction of sp³-hybridized carbons (Fsp3) is 0.500. The van der Waals surface area contributed by atoms with Gasteiger partial charge in [-0.05, 0) is 57.7 Å². The van der Waals surface area contributed by atoms with Gasteiger partial charge in [-0.1, -0.05) is 17.8 Å². The third-order valence-electron chi connectivity index (χ3n) is 5.37. The summed E-state index contributed by atoms with van der Waals surface area (Å²) in [5.74, 6) is 0.403. The number of amides is 2. The van der Waals surface area contributed by atoms with E-state index >= 15 is 0 Å². The van der Waals surface area contributed by atoms with Crippen molar-refractivity contribution in [2.75, 3.05) is 26.7 Å². The Morgan fingerprint density at radius 3 is 2.70 bits per heavy atom. The standard InChI is InChI=1S/C22H28N4O3S/c1-22(2,3)29-21(28)25-10-8-15(9-11-25)14-24(4)20(27)17-12-16-13-23-18-6-5-7-19(30-17)26(16)18/h5-7,12-13,15H,8-11,14H2,1-4H3. The molecule has 0 radical (unpaired) electrons. The zero-order chi connectivity index (χ0) is 21.5. The van der Waals surface area contributed by atoms with Gasteiger partial charge in [0, 0.05) is 26.7 Å². The lowest BCUT2D eigenvalue weighted by molar-refractivity contribution is -0.125. The van der Waals surface area contributed by atoms with Crippen LogP contribution in [0.25, 0.3) is 11.7 Å². The third-order valence-corrected chi connectivity index (χ3v) is 6.41. The molecule has 4 heterocycles. The molecule has 160 valence electrons. The fourth-order valence-corrected chi connectivity index (χ4v) is 4.96. The largest absolute Gasteiger partial charge is 0.444 e. The molecule has 8 heteroatoms. The number of carbonyl (C=O) groups excluding carboxylic acids is 2. The number of carbonyl (C=O) groups is 2. The van der Waals surface area contributed by atoms with Crippen molar-refractivity contribution < 1.29 is 14.3 Å². The number of likely N-dealkylation sites (tertiary alicyclic amines) is 1. The predicted molar refractivity (Wildman–Crippen MR) is 117 cm³/mol. The summed E-state index contributed by atoms with van der Waals surface area (Å²) in [6.45, 7) is 7.65. The number of ether oxygens (including phenoxy) is 1. The van der Waals surface area contributed by atoms with Gasteiger partial charge >= 0.3 is 6.09 Å². The van der Waals surface area contributed by atoms with Crippen LogP contribution in [0.15, 0.2) is 34.3 Å². The van der Waals surface area contributed by atoms with Crippen molar-refractivity contribution >= 4 is 35.5 Å². The maximum Gasteiger partial charge on any atom is 0.410 e. The van der Waals surface area contributed by atoms with E-state index < -0.39 is 5.60 Å². The quantitative estimate of drug-likeness (QED) is 0.742. The minimum atomic E-state index is -0.480. The fourth-order valence-electron chi connectivity index (χ4n) is 3.87. The molecular formula is C22H28N4O3S. The van der Waals surface area contributed by atoms with Gasteiger partial charge < -0.3 is 14.5 Å². The van der Waals surface area contributed by atoms with Crippen LogP contribution in [-0.4, -0.2) is 63.5 Å². The van der Waals surface area contributed by atoms with Crippen LogP contribution in [0.3, 0.4) is 0 Å². The minimum Gasteiger partial charge on any atom is -0.444 e. The van der Waals surface area contributed by atoms with Gasteiger partial charge in [0.05, 0.1) is 21.8 Å². The number of aromatic nitrogens is 2. The first-order valence-electron chi connectivity index (χ1n) is 10.3. The number of hydrogen-bond donors (Lipinski definition) is 0. The van der Waals surface area contributed by atoms with E-state index in [9.17, 15) is 9.59 Å². The van der Waals surface area contributed by atoms with Crippen molar-refractivity contribution in [1.82, 2.24) is 19.2 Å². The molecule has 4 rings (SSSR count). The molecule has 1 saturated heterocycles. The van der Waals surface area contributed by atoms with Gasteiger partial charge in [-0.25, -0.2) is 9.78 Å². The second-order valence-electron chi connectivity index (χ2n) is 8.95. The number of imidazole rings is 1. The number of pyridine rings is 1. The molecule has 0 aliphatic carbocycles. The van der Waals surface area contributed by atoms with Crippen LogP contribution < -0.4 is 0 Å². The molecule has 0 N–H and O–H groups in total. The molecule has 0 atom stereocenters. The van der Waals surface area contributed by atoms with Gasteiger partial charge in [0.25, 0.3) is 5.91 Å². The van der Waals surface area contributed by atoms with E-state index in [1.54, 1.807) is 16.0 Å². The van der Waals surface area contributed by atoms with E-state index in [1.807, 2.05) is 52.1 Å². The van der Waals surface area contributed by atoms with Crippen molar-refractivity contribution in [3.8, 4) is 0 Å². The Balaban J connectivity index is 1.34. The SMILES string of the molecule is CN(CC1CCN(C(=O)OC(C)(C)C)CC1)C(=O)C1=Cc2cnc3cccc(n23)S1. The first kappa shape index (κ1) is 20.8. The Hall–Kier alpha value is -2.48. The highest BCUT2D eigenvalue weighted by molar-refractivity contribution is 8.04. The molecule has 0 aromatic carbocycles. The summed E-state index contributed by atoms with van der Waals surface area (Å²) in [6, 6.07) is 5.93. The molecular weight excluding hydrogens is 400 g/mol. The van der Waals surface area contributed by atoms with E-state index in [-0.39, 0.29) is 12.0 Å². The Kier molecular flexibility index (Phi) is 5.53. The smallest absolute Gasteiger partial charge is 0.410 e. The second-order valence-corrected chi connectivity index (χ2v) is 10.0.